The van der Waals surface area contributed by atoms with Crippen molar-refractivity contribution in [2.75, 3.05) is 24.2 Å². The van der Waals surface area contributed by atoms with E-state index in [9.17, 15) is 32.5 Å². The van der Waals surface area contributed by atoms with Gasteiger partial charge >= 0.3 is 0 Å². The van der Waals surface area contributed by atoms with Gasteiger partial charge in [0.1, 0.15) is 18.4 Å². The molecule has 0 saturated carbocycles. The Labute approximate surface area is 226 Å². The summed E-state index contributed by atoms with van der Waals surface area (Å²) in [4.78, 5) is 38.7. The molecule has 3 aromatic rings. The molecule has 0 spiro atoms. The fourth-order valence-electron chi connectivity index (χ4n) is 4.11. The second-order valence-corrected chi connectivity index (χ2v) is 10.8. The summed E-state index contributed by atoms with van der Waals surface area (Å²) in [6, 6.07) is 17.2. The molecule has 3 rings (SSSR count). The van der Waals surface area contributed by atoms with Gasteiger partial charge in [-0.2, -0.15) is 0 Å². The van der Waals surface area contributed by atoms with Gasteiger partial charge in [-0.05, 0) is 24.1 Å². The summed E-state index contributed by atoms with van der Waals surface area (Å²) < 4.78 is 41.1. The maximum absolute atomic E-state index is 14.7. The zero-order valence-corrected chi connectivity index (χ0v) is 22.5. The number of amides is 2. The van der Waals surface area contributed by atoms with Crippen LogP contribution in [0.1, 0.15) is 16.7 Å². The lowest BCUT2D eigenvalue weighted by molar-refractivity contribution is -0.384. The molecule has 0 unspecified atom stereocenters. The number of hydrogen-bond acceptors (Lipinski definition) is 6. The van der Waals surface area contributed by atoms with Gasteiger partial charge < -0.3 is 10.2 Å². The van der Waals surface area contributed by atoms with Crippen molar-refractivity contribution in [3.63, 3.8) is 0 Å². The minimum atomic E-state index is -4.11. The van der Waals surface area contributed by atoms with E-state index in [0.717, 1.165) is 27.1 Å². The van der Waals surface area contributed by atoms with Crippen LogP contribution < -0.4 is 9.62 Å². The number of hydrogen-bond donors (Lipinski definition) is 1. The van der Waals surface area contributed by atoms with Crippen molar-refractivity contribution in [1.29, 1.82) is 0 Å². The fourth-order valence-corrected chi connectivity index (χ4v) is 5.00. The number of nitro groups is 1. The molecule has 12 heteroatoms. The van der Waals surface area contributed by atoms with Crippen LogP contribution in [0.2, 0.25) is 0 Å². The lowest BCUT2D eigenvalue weighted by Crippen LogP contribution is -2.53. The minimum Gasteiger partial charge on any atom is -0.357 e. The highest BCUT2D eigenvalue weighted by molar-refractivity contribution is 7.92. The molecule has 0 saturated heterocycles. The topological polar surface area (TPSA) is 130 Å². The van der Waals surface area contributed by atoms with Crippen LogP contribution in [0.15, 0.2) is 72.8 Å². The number of likely N-dealkylation sites (N-methyl/N-ethyl adjacent to an activating group) is 1. The Kier molecular flexibility index (Phi) is 9.36. The maximum Gasteiger partial charge on any atom is 0.271 e. The predicted octanol–water partition coefficient (Wildman–Crippen LogP) is 3.19. The maximum atomic E-state index is 14.7. The molecule has 0 aliphatic carbocycles. The number of nitrogens with one attached hydrogen (secondary N) is 1. The van der Waals surface area contributed by atoms with Crippen LogP contribution >= 0.6 is 0 Å². The third kappa shape index (κ3) is 7.38. The number of sulfonamides is 1. The molecule has 0 heterocycles. The van der Waals surface area contributed by atoms with E-state index in [4.69, 9.17) is 0 Å². The fraction of sp³-hybridized carbons (Fsp3) is 0.259. The Morgan fingerprint density at radius 3 is 2.28 bits per heavy atom. The van der Waals surface area contributed by atoms with Crippen molar-refractivity contribution in [2.45, 2.75) is 25.9 Å². The molecule has 0 fully saturated rings. The van der Waals surface area contributed by atoms with Crippen LogP contribution in [0.3, 0.4) is 0 Å². The van der Waals surface area contributed by atoms with Crippen molar-refractivity contribution in [3.8, 4) is 0 Å². The van der Waals surface area contributed by atoms with Crippen molar-refractivity contribution in [3.05, 3.63) is 105 Å². The number of nitro benzene ring substituents is 1. The molecule has 3 aromatic carbocycles. The molecule has 10 nitrogen and oxygen atoms in total. The van der Waals surface area contributed by atoms with E-state index in [-0.39, 0.29) is 29.9 Å². The quantitative estimate of drug-likeness (QED) is 0.285. The molecule has 0 aliphatic rings. The number of halogens is 1. The molecule has 39 heavy (non-hydrogen) atoms. The number of carbonyl (C=O) groups excluding carboxylic acids is 2. The van der Waals surface area contributed by atoms with Gasteiger partial charge in [-0.25, -0.2) is 12.8 Å². The first-order chi connectivity index (χ1) is 18.4. The van der Waals surface area contributed by atoms with Gasteiger partial charge in [-0.3, -0.25) is 24.0 Å². The highest BCUT2D eigenvalue weighted by atomic mass is 32.2. The van der Waals surface area contributed by atoms with Crippen LogP contribution in [0.4, 0.5) is 15.8 Å². The van der Waals surface area contributed by atoms with Crippen molar-refractivity contribution < 1.29 is 27.3 Å². The second kappa shape index (κ2) is 12.5. The Morgan fingerprint density at radius 2 is 1.69 bits per heavy atom. The van der Waals surface area contributed by atoms with Crippen LogP contribution in [0, 0.1) is 22.9 Å². The van der Waals surface area contributed by atoms with E-state index >= 15 is 0 Å². The van der Waals surface area contributed by atoms with E-state index in [1.165, 1.54) is 37.4 Å². The standard InChI is InChI=1S/C27H29FN4O6S/c1-19-13-14-22(32(35)36)16-24(19)31(39(3,37)38)18-26(33)30(17-21-11-7-8-12-23(21)28)25(27(34)29-2)15-20-9-5-4-6-10-20/h4-14,16,25H,15,17-18H2,1-3H3,(H,29,34)/t25-/m0/s1. The van der Waals surface area contributed by atoms with Crippen molar-refractivity contribution in [1.82, 2.24) is 10.2 Å². The summed E-state index contributed by atoms with van der Waals surface area (Å²) in [7, 11) is -2.71. The molecule has 2 amide bonds. The normalized spacial score (nSPS) is 11.9. The number of benzene rings is 3. The van der Waals surface area contributed by atoms with Crippen LogP contribution in [-0.2, 0) is 32.6 Å². The lowest BCUT2D eigenvalue weighted by atomic mass is 10.0. The smallest absolute Gasteiger partial charge is 0.271 e. The molecule has 0 aliphatic heterocycles. The number of non-ortho nitro benzene ring substituents is 1. The number of carbonyl (C=O) groups is 2. The van der Waals surface area contributed by atoms with Crippen LogP contribution in [-0.4, -0.2) is 55.9 Å². The average Bonchev–Trinajstić information content (AvgIpc) is 2.90. The largest absolute Gasteiger partial charge is 0.357 e. The summed E-state index contributed by atoms with van der Waals surface area (Å²) in [5.74, 6) is -1.92. The molecule has 1 atom stereocenters. The van der Waals surface area contributed by atoms with Gasteiger partial charge in [0.25, 0.3) is 5.69 Å². The van der Waals surface area contributed by atoms with Crippen LogP contribution in [0.5, 0.6) is 0 Å². The molecular formula is C27H29FN4O6S. The van der Waals surface area contributed by atoms with Gasteiger partial charge in [-0.1, -0.05) is 54.6 Å². The zero-order chi connectivity index (χ0) is 28.7. The highest BCUT2D eigenvalue weighted by Gasteiger charge is 2.33. The first kappa shape index (κ1) is 29.2. The van der Waals surface area contributed by atoms with Crippen molar-refractivity contribution in [2.24, 2.45) is 0 Å². The molecule has 0 radical (unpaired) electrons. The Morgan fingerprint density at radius 1 is 1.05 bits per heavy atom. The first-order valence-electron chi connectivity index (χ1n) is 11.9. The molecule has 1 N–H and O–H groups in total. The third-order valence-electron chi connectivity index (χ3n) is 6.17. The first-order valence-corrected chi connectivity index (χ1v) is 13.8. The molecule has 0 bridgehead atoms. The number of anilines is 1. The monoisotopic (exact) mass is 556 g/mol. The Balaban J connectivity index is 2.09. The lowest BCUT2D eigenvalue weighted by Gasteiger charge is -2.33. The van der Waals surface area contributed by atoms with Gasteiger partial charge in [-0.15, -0.1) is 0 Å². The van der Waals surface area contributed by atoms with E-state index in [1.54, 1.807) is 43.3 Å². The summed E-state index contributed by atoms with van der Waals surface area (Å²) in [6.07, 6.45) is 0.954. The SMILES string of the molecule is CNC(=O)[C@H](Cc1ccccc1)N(Cc1ccccc1F)C(=O)CN(c1cc([N+](=O)[O-])ccc1C)S(C)(=O)=O. The average molecular weight is 557 g/mol. The van der Waals surface area contributed by atoms with Gasteiger partial charge in [0.15, 0.2) is 0 Å². The summed E-state index contributed by atoms with van der Waals surface area (Å²) >= 11 is 0. The number of aryl methyl sites for hydroxylation is 1. The summed E-state index contributed by atoms with van der Waals surface area (Å²) in [5.41, 5.74) is 0.835. The van der Waals surface area contributed by atoms with E-state index in [1.807, 2.05) is 0 Å². The summed E-state index contributed by atoms with van der Waals surface area (Å²) in [6.45, 7) is 0.473. The van der Waals surface area contributed by atoms with Gasteiger partial charge in [0.05, 0.1) is 16.9 Å². The van der Waals surface area contributed by atoms with Crippen molar-refractivity contribution >= 4 is 33.2 Å². The van der Waals surface area contributed by atoms with E-state index in [0.29, 0.717) is 5.56 Å². The summed E-state index contributed by atoms with van der Waals surface area (Å²) in [5, 5.41) is 13.9. The van der Waals surface area contributed by atoms with E-state index < -0.39 is 45.2 Å². The zero-order valence-electron chi connectivity index (χ0n) is 21.7. The third-order valence-corrected chi connectivity index (χ3v) is 7.29. The molecular weight excluding hydrogens is 527 g/mol. The van der Waals surface area contributed by atoms with Gasteiger partial charge in [0, 0.05) is 37.7 Å². The molecule has 0 aromatic heterocycles. The van der Waals surface area contributed by atoms with Gasteiger partial charge in [0.2, 0.25) is 21.8 Å². The number of nitrogens with zero attached hydrogens (tertiary/aromatic N) is 3. The van der Waals surface area contributed by atoms with E-state index in [2.05, 4.69) is 5.32 Å². The molecule has 206 valence electrons. The second-order valence-electron chi connectivity index (χ2n) is 8.93. The highest BCUT2D eigenvalue weighted by Crippen LogP contribution is 2.28. The van der Waals surface area contributed by atoms with Crippen LogP contribution in [0.25, 0.3) is 0 Å². The minimum absolute atomic E-state index is 0.0505. The predicted molar refractivity (Wildman–Crippen MR) is 145 cm³/mol. The Bertz CT molecular complexity index is 1470. The number of rotatable bonds is 11. The Hall–Kier alpha value is -4.32.